The van der Waals surface area contributed by atoms with Crippen molar-refractivity contribution in [2.24, 2.45) is 0 Å². The minimum absolute atomic E-state index is 0.214. The molecule has 1 aromatic carbocycles. The number of aryl methyl sites for hydroxylation is 1. The van der Waals surface area contributed by atoms with Crippen LogP contribution in [0.1, 0.15) is 19.4 Å². The number of ether oxygens (including phenoxy) is 2. The van der Waals surface area contributed by atoms with Crippen LogP contribution < -0.4 is 10.4 Å². The Balaban J connectivity index is 2.88. The van der Waals surface area contributed by atoms with E-state index in [1.54, 1.807) is 26.0 Å². The Morgan fingerprint density at radius 3 is 2.21 bits per heavy atom. The Hall–Kier alpha value is -2.24. The van der Waals surface area contributed by atoms with Crippen LogP contribution in [0.3, 0.4) is 0 Å². The molecule has 0 saturated heterocycles. The van der Waals surface area contributed by atoms with Gasteiger partial charge in [-0.05, 0) is 32.9 Å². The molecule has 0 aliphatic heterocycles. The molecule has 104 valence electrons. The van der Waals surface area contributed by atoms with Gasteiger partial charge in [-0.2, -0.15) is 5.01 Å². The summed E-state index contributed by atoms with van der Waals surface area (Å²) < 4.78 is 9.63. The molecule has 1 aromatic rings. The summed E-state index contributed by atoms with van der Waals surface area (Å²) in [5.41, 5.74) is 3.88. The van der Waals surface area contributed by atoms with Gasteiger partial charge in [0.25, 0.3) is 0 Å². The fraction of sp³-hybridized carbons (Fsp3) is 0.385. The minimum atomic E-state index is -0.712. The molecule has 0 atom stereocenters. The largest absolute Gasteiger partial charge is 0.449 e. The summed E-state index contributed by atoms with van der Waals surface area (Å²) in [6.45, 7) is 5.73. The molecule has 0 heterocycles. The van der Waals surface area contributed by atoms with Crippen molar-refractivity contribution in [3.8, 4) is 0 Å². The van der Waals surface area contributed by atoms with Crippen molar-refractivity contribution >= 4 is 17.9 Å². The predicted molar refractivity (Wildman–Crippen MR) is 70.8 cm³/mol. The van der Waals surface area contributed by atoms with Crippen LogP contribution >= 0.6 is 0 Å². The second-order valence-corrected chi connectivity index (χ2v) is 3.70. The van der Waals surface area contributed by atoms with Gasteiger partial charge < -0.3 is 9.47 Å². The van der Waals surface area contributed by atoms with Crippen molar-refractivity contribution < 1.29 is 19.1 Å². The van der Waals surface area contributed by atoms with Gasteiger partial charge in [0, 0.05) is 0 Å². The van der Waals surface area contributed by atoms with E-state index in [4.69, 9.17) is 9.47 Å². The molecule has 0 aliphatic carbocycles. The number of rotatable bonds is 3. The maximum Gasteiger partial charge on any atom is 0.433 e. The second-order valence-electron chi connectivity index (χ2n) is 3.70. The van der Waals surface area contributed by atoms with Gasteiger partial charge in [-0.1, -0.05) is 17.7 Å². The lowest BCUT2D eigenvalue weighted by atomic mass is 10.2. The van der Waals surface area contributed by atoms with E-state index in [0.29, 0.717) is 5.69 Å². The number of benzene rings is 1. The number of anilines is 1. The standard InChI is InChI=1S/C13H18N2O4/c1-4-18-12(16)14-15(13(17)19-5-2)11-8-6-10(3)7-9-11/h6-9H,4-5H2,1-3H3,(H,14,16). The highest BCUT2D eigenvalue weighted by molar-refractivity contribution is 5.90. The highest BCUT2D eigenvalue weighted by Crippen LogP contribution is 2.14. The van der Waals surface area contributed by atoms with Crippen molar-refractivity contribution in [1.82, 2.24) is 5.43 Å². The Morgan fingerprint density at radius 2 is 1.68 bits per heavy atom. The van der Waals surface area contributed by atoms with E-state index >= 15 is 0 Å². The molecule has 0 fully saturated rings. The Kier molecular flexibility index (Phi) is 5.66. The Labute approximate surface area is 112 Å². The number of hydrazine groups is 1. The van der Waals surface area contributed by atoms with Crippen LogP contribution in [0.4, 0.5) is 15.3 Å². The van der Waals surface area contributed by atoms with Crippen LogP contribution in [0.15, 0.2) is 24.3 Å². The zero-order valence-corrected chi connectivity index (χ0v) is 11.3. The van der Waals surface area contributed by atoms with Gasteiger partial charge in [-0.3, -0.25) is 0 Å². The molecular formula is C13H18N2O4. The molecule has 1 rings (SSSR count). The molecule has 2 amide bonds. The second kappa shape index (κ2) is 7.25. The summed E-state index contributed by atoms with van der Waals surface area (Å²) in [4.78, 5) is 23.2. The summed E-state index contributed by atoms with van der Waals surface area (Å²) in [6, 6.07) is 7.07. The summed E-state index contributed by atoms with van der Waals surface area (Å²) >= 11 is 0. The van der Waals surface area contributed by atoms with E-state index in [9.17, 15) is 9.59 Å². The van der Waals surface area contributed by atoms with E-state index in [-0.39, 0.29) is 13.2 Å². The van der Waals surface area contributed by atoms with E-state index < -0.39 is 12.2 Å². The molecule has 6 nitrogen and oxygen atoms in total. The number of amides is 2. The first kappa shape index (κ1) is 14.8. The maximum absolute atomic E-state index is 11.8. The van der Waals surface area contributed by atoms with Gasteiger partial charge in [-0.15, -0.1) is 0 Å². The number of nitrogens with zero attached hydrogens (tertiary/aromatic N) is 1. The van der Waals surface area contributed by atoms with Gasteiger partial charge in [0.15, 0.2) is 0 Å². The van der Waals surface area contributed by atoms with E-state index in [1.165, 1.54) is 0 Å². The van der Waals surface area contributed by atoms with Gasteiger partial charge in [-0.25, -0.2) is 15.0 Å². The van der Waals surface area contributed by atoms with Crippen molar-refractivity contribution in [3.63, 3.8) is 0 Å². The average Bonchev–Trinajstić information content (AvgIpc) is 2.38. The van der Waals surface area contributed by atoms with E-state index in [0.717, 1.165) is 10.6 Å². The summed E-state index contributed by atoms with van der Waals surface area (Å²) in [7, 11) is 0. The van der Waals surface area contributed by atoms with E-state index in [2.05, 4.69) is 5.43 Å². The van der Waals surface area contributed by atoms with Crippen LogP contribution in [-0.2, 0) is 9.47 Å². The quantitative estimate of drug-likeness (QED) is 0.854. The van der Waals surface area contributed by atoms with Gasteiger partial charge in [0.2, 0.25) is 0 Å². The molecule has 0 aromatic heterocycles. The lowest BCUT2D eigenvalue weighted by molar-refractivity contribution is 0.138. The monoisotopic (exact) mass is 266 g/mol. The molecule has 6 heteroatoms. The van der Waals surface area contributed by atoms with Crippen molar-refractivity contribution in [3.05, 3.63) is 29.8 Å². The summed E-state index contributed by atoms with van der Waals surface area (Å²) in [5, 5.41) is 1.01. The minimum Gasteiger partial charge on any atom is -0.449 e. The third-order valence-corrected chi connectivity index (χ3v) is 2.22. The maximum atomic E-state index is 11.8. The van der Waals surface area contributed by atoms with Crippen LogP contribution in [0.5, 0.6) is 0 Å². The van der Waals surface area contributed by atoms with E-state index in [1.807, 2.05) is 19.1 Å². The van der Waals surface area contributed by atoms with Crippen LogP contribution in [0, 0.1) is 6.92 Å². The third kappa shape index (κ3) is 4.50. The number of carbonyl (C=O) groups excluding carboxylic acids is 2. The lowest BCUT2D eigenvalue weighted by Crippen LogP contribution is -2.47. The normalized spacial score (nSPS) is 9.63. The topological polar surface area (TPSA) is 67.9 Å². The first-order chi connectivity index (χ1) is 9.08. The Morgan fingerprint density at radius 1 is 1.11 bits per heavy atom. The first-order valence-electron chi connectivity index (χ1n) is 6.05. The van der Waals surface area contributed by atoms with Crippen molar-refractivity contribution in [2.45, 2.75) is 20.8 Å². The molecule has 0 unspecified atom stereocenters. The molecule has 19 heavy (non-hydrogen) atoms. The molecule has 0 bridgehead atoms. The molecule has 0 saturated carbocycles. The average molecular weight is 266 g/mol. The highest BCUT2D eigenvalue weighted by Gasteiger charge is 2.19. The van der Waals surface area contributed by atoms with Crippen molar-refractivity contribution in [1.29, 1.82) is 0 Å². The zero-order valence-electron chi connectivity index (χ0n) is 11.3. The number of carbonyl (C=O) groups is 2. The van der Waals surface area contributed by atoms with Gasteiger partial charge in [0.1, 0.15) is 0 Å². The summed E-state index contributed by atoms with van der Waals surface area (Å²) in [6.07, 6.45) is -1.38. The first-order valence-corrected chi connectivity index (χ1v) is 6.05. The van der Waals surface area contributed by atoms with Crippen LogP contribution in [0.2, 0.25) is 0 Å². The molecule has 0 aliphatic rings. The third-order valence-electron chi connectivity index (χ3n) is 2.22. The van der Waals surface area contributed by atoms with Crippen molar-refractivity contribution in [2.75, 3.05) is 18.2 Å². The number of nitrogens with one attached hydrogen (secondary N) is 1. The van der Waals surface area contributed by atoms with Crippen LogP contribution in [-0.4, -0.2) is 25.4 Å². The van der Waals surface area contributed by atoms with Crippen LogP contribution in [0.25, 0.3) is 0 Å². The number of hydrogen-bond donors (Lipinski definition) is 1. The molecule has 0 radical (unpaired) electrons. The molecule has 0 spiro atoms. The highest BCUT2D eigenvalue weighted by atomic mass is 16.6. The molecule has 1 N–H and O–H groups in total. The lowest BCUT2D eigenvalue weighted by Gasteiger charge is -2.22. The van der Waals surface area contributed by atoms with Gasteiger partial charge in [0.05, 0.1) is 18.9 Å². The zero-order chi connectivity index (χ0) is 14.3. The number of hydrogen-bond acceptors (Lipinski definition) is 4. The fourth-order valence-electron chi connectivity index (χ4n) is 1.35. The fourth-order valence-corrected chi connectivity index (χ4v) is 1.35. The molecular weight excluding hydrogens is 248 g/mol. The SMILES string of the molecule is CCOC(=O)NN(C(=O)OCC)c1ccc(C)cc1. The predicted octanol–water partition coefficient (Wildman–Crippen LogP) is 2.62. The summed E-state index contributed by atoms with van der Waals surface area (Å²) in [5.74, 6) is 0. The smallest absolute Gasteiger partial charge is 0.433 e. The van der Waals surface area contributed by atoms with Gasteiger partial charge >= 0.3 is 12.2 Å². The Bertz CT molecular complexity index is 431.